The molecule has 1 aromatic rings. The van der Waals surface area contributed by atoms with Gasteiger partial charge < -0.3 is 14.5 Å². The Morgan fingerprint density at radius 2 is 2.16 bits per heavy atom. The van der Waals surface area contributed by atoms with Crippen LogP contribution < -0.4 is 0 Å². The van der Waals surface area contributed by atoms with Gasteiger partial charge in [-0.3, -0.25) is 0 Å². The van der Waals surface area contributed by atoms with Gasteiger partial charge in [0.15, 0.2) is 0 Å². The van der Waals surface area contributed by atoms with Gasteiger partial charge in [-0.25, -0.2) is 13.2 Å². The molecule has 19 heavy (non-hydrogen) atoms. The predicted octanol–water partition coefficient (Wildman–Crippen LogP) is 1.53. The summed E-state index contributed by atoms with van der Waals surface area (Å²) >= 11 is 0. The Balaban J connectivity index is 1.91. The average molecular weight is 308 g/mol. The third-order valence-electron chi connectivity index (χ3n) is 2.95. The highest BCUT2D eigenvalue weighted by atomic mass is 35.7. The molecular weight excluding hydrogens is 294 g/mol. The molecule has 0 bridgehead atoms. The van der Waals surface area contributed by atoms with E-state index in [4.69, 9.17) is 20.2 Å². The minimum atomic E-state index is -3.83. The highest BCUT2D eigenvalue weighted by Gasteiger charge is 2.19. The summed E-state index contributed by atoms with van der Waals surface area (Å²) in [5, 5.41) is 0. The van der Waals surface area contributed by atoms with E-state index in [1.807, 2.05) is 0 Å². The summed E-state index contributed by atoms with van der Waals surface area (Å²) in [4.78, 5) is 14.1. The fourth-order valence-electron chi connectivity index (χ4n) is 1.82. The van der Waals surface area contributed by atoms with Crippen molar-refractivity contribution in [3.05, 3.63) is 18.0 Å². The summed E-state index contributed by atoms with van der Waals surface area (Å²) < 4.78 is 32.4. The van der Waals surface area contributed by atoms with Crippen LogP contribution in [0.2, 0.25) is 0 Å². The fourth-order valence-corrected chi connectivity index (χ4v) is 2.54. The maximum Gasteiger partial charge on any atom is 0.354 e. The van der Waals surface area contributed by atoms with Crippen LogP contribution in [-0.2, 0) is 18.5 Å². The molecule has 0 aliphatic carbocycles. The molecule has 0 saturated carbocycles. The lowest BCUT2D eigenvalue weighted by molar-refractivity contribution is 0.0182. The Morgan fingerprint density at radius 1 is 1.47 bits per heavy atom. The van der Waals surface area contributed by atoms with Crippen molar-refractivity contribution in [3.8, 4) is 0 Å². The van der Waals surface area contributed by atoms with Crippen LogP contribution in [0.15, 0.2) is 17.2 Å². The molecule has 1 aliphatic rings. The van der Waals surface area contributed by atoms with Gasteiger partial charge in [0.1, 0.15) is 10.6 Å². The highest BCUT2D eigenvalue weighted by Crippen LogP contribution is 2.18. The summed E-state index contributed by atoms with van der Waals surface area (Å²) in [5.74, 6) is -0.290. The number of H-pyrrole nitrogens is 1. The molecule has 1 aliphatic heterocycles. The highest BCUT2D eigenvalue weighted by molar-refractivity contribution is 8.13. The van der Waals surface area contributed by atoms with Crippen molar-refractivity contribution in [2.24, 2.45) is 5.92 Å². The molecule has 8 heteroatoms. The second kappa shape index (κ2) is 5.94. The van der Waals surface area contributed by atoms with Crippen LogP contribution in [0.25, 0.3) is 0 Å². The quantitative estimate of drug-likeness (QED) is 0.673. The molecule has 1 saturated heterocycles. The molecule has 0 spiro atoms. The first-order valence-electron chi connectivity index (χ1n) is 5.85. The van der Waals surface area contributed by atoms with Crippen LogP contribution in [0.4, 0.5) is 0 Å². The van der Waals surface area contributed by atoms with Gasteiger partial charge in [0.05, 0.1) is 6.61 Å². The number of halogens is 1. The van der Waals surface area contributed by atoms with Gasteiger partial charge in [-0.05, 0) is 24.8 Å². The number of carbonyl (C=O) groups is 1. The first kappa shape index (κ1) is 14.4. The van der Waals surface area contributed by atoms with Crippen LogP contribution in [-0.4, -0.2) is 39.2 Å². The number of carbonyl (C=O) groups excluding carboxylic acids is 1. The number of ether oxygens (including phenoxy) is 2. The van der Waals surface area contributed by atoms with Gasteiger partial charge in [0.2, 0.25) is 0 Å². The zero-order valence-corrected chi connectivity index (χ0v) is 11.7. The monoisotopic (exact) mass is 307 g/mol. The number of hydrogen-bond donors (Lipinski definition) is 1. The zero-order valence-electron chi connectivity index (χ0n) is 10.1. The topological polar surface area (TPSA) is 85.5 Å². The Labute approximate surface area is 115 Å². The van der Waals surface area contributed by atoms with Crippen molar-refractivity contribution < 1.29 is 22.7 Å². The maximum atomic E-state index is 11.7. The number of aromatic nitrogens is 1. The summed E-state index contributed by atoms with van der Waals surface area (Å²) in [6, 6.07) is 1.16. The third-order valence-corrected chi connectivity index (χ3v) is 4.28. The molecule has 2 rings (SSSR count). The molecule has 6 nitrogen and oxygen atoms in total. The van der Waals surface area contributed by atoms with Crippen LogP contribution in [0, 0.1) is 5.92 Å². The van der Waals surface area contributed by atoms with E-state index in [1.54, 1.807) is 0 Å². The summed E-state index contributed by atoms with van der Waals surface area (Å²) in [5.41, 5.74) is 0.0753. The van der Waals surface area contributed by atoms with E-state index in [2.05, 4.69) is 4.98 Å². The first-order chi connectivity index (χ1) is 8.97. The number of nitrogens with one attached hydrogen (secondary N) is 1. The minimum Gasteiger partial charge on any atom is -0.461 e. The molecule has 0 aromatic carbocycles. The predicted molar refractivity (Wildman–Crippen MR) is 67.7 cm³/mol. The van der Waals surface area contributed by atoms with Crippen molar-refractivity contribution in [1.29, 1.82) is 0 Å². The van der Waals surface area contributed by atoms with Crippen molar-refractivity contribution in [3.63, 3.8) is 0 Å². The number of rotatable bonds is 4. The molecular formula is C11H14ClNO5S. The molecule has 2 heterocycles. The second-order valence-electron chi connectivity index (χ2n) is 4.34. The van der Waals surface area contributed by atoms with Crippen LogP contribution in [0.5, 0.6) is 0 Å². The van der Waals surface area contributed by atoms with E-state index in [0.717, 1.165) is 25.1 Å². The number of hydrogen-bond acceptors (Lipinski definition) is 5. The first-order valence-corrected chi connectivity index (χ1v) is 8.15. The third kappa shape index (κ3) is 3.95. The molecule has 0 amide bonds. The van der Waals surface area contributed by atoms with E-state index < -0.39 is 15.0 Å². The normalized spacial score (nSPS) is 17.3. The zero-order chi connectivity index (χ0) is 13.9. The molecule has 1 N–H and O–H groups in total. The SMILES string of the molecule is O=C(OCC1CCOCC1)c1cc(S(=O)(=O)Cl)c[nH]1. The van der Waals surface area contributed by atoms with Gasteiger partial charge in [-0.15, -0.1) is 0 Å². The Hall–Kier alpha value is -1.05. The lowest BCUT2D eigenvalue weighted by Gasteiger charge is -2.21. The number of aromatic amines is 1. The Kier molecular flexibility index (Phi) is 4.49. The average Bonchev–Trinajstić information content (AvgIpc) is 2.87. The van der Waals surface area contributed by atoms with Crippen molar-refractivity contribution >= 4 is 25.7 Å². The van der Waals surface area contributed by atoms with Crippen LogP contribution in [0.1, 0.15) is 23.3 Å². The second-order valence-corrected chi connectivity index (χ2v) is 6.91. The molecule has 0 atom stereocenters. The van der Waals surface area contributed by atoms with E-state index in [-0.39, 0.29) is 10.6 Å². The van der Waals surface area contributed by atoms with E-state index in [0.29, 0.717) is 25.7 Å². The van der Waals surface area contributed by atoms with Gasteiger partial charge in [0.25, 0.3) is 9.05 Å². The van der Waals surface area contributed by atoms with Crippen LogP contribution >= 0.6 is 10.7 Å². The van der Waals surface area contributed by atoms with E-state index >= 15 is 0 Å². The Morgan fingerprint density at radius 3 is 2.74 bits per heavy atom. The maximum absolute atomic E-state index is 11.7. The molecule has 0 radical (unpaired) electrons. The molecule has 106 valence electrons. The van der Waals surface area contributed by atoms with Crippen molar-refractivity contribution in [2.45, 2.75) is 17.7 Å². The van der Waals surface area contributed by atoms with Gasteiger partial charge in [-0.2, -0.15) is 0 Å². The Bertz CT molecular complexity index is 547. The minimum absolute atomic E-state index is 0.0753. The summed E-state index contributed by atoms with van der Waals surface area (Å²) in [7, 11) is 1.33. The van der Waals surface area contributed by atoms with Crippen molar-refractivity contribution in [2.75, 3.05) is 19.8 Å². The van der Waals surface area contributed by atoms with Crippen LogP contribution in [0.3, 0.4) is 0 Å². The fraction of sp³-hybridized carbons (Fsp3) is 0.545. The van der Waals surface area contributed by atoms with Gasteiger partial charge in [-0.1, -0.05) is 0 Å². The van der Waals surface area contributed by atoms with Crippen molar-refractivity contribution in [1.82, 2.24) is 4.98 Å². The van der Waals surface area contributed by atoms with Gasteiger partial charge in [0, 0.05) is 30.1 Å². The number of esters is 1. The standard InChI is InChI=1S/C11H14ClNO5S/c12-19(15,16)9-5-10(13-6-9)11(14)18-7-8-1-3-17-4-2-8/h5-6,8,13H,1-4,7H2. The van der Waals surface area contributed by atoms with E-state index in [9.17, 15) is 13.2 Å². The lowest BCUT2D eigenvalue weighted by Crippen LogP contribution is -2.22. The van der Waals surface area contributed by atoms with E-state index in [1.165, 1.54) is 0 Å². The van der Waals surface area contributed by atoms with Gasteiger partial charge >= 0.3 is 5.97 Å². The lowest BCUT2D eigenvalue weighted by atomic mass is 10.0. The molecule has 1 fully saturated rings. The summed E-state index contributed by atoms with van der Waals surface area (Å²) in [6.45, 7) is 1.67. The summed E-state index contributed by atoms with van der Waals surface area (Å²) in [6.07, 6.45) is 2.88. The molecule has 0 unspecified atom stereocenters. The molecule has 1 aromatic heterocycles. The smallest absolute Gasteiger partial charge is 0.354 e. The largest absolute Gasteiger partial charge is 0.461 e.